The van der Waals surface area contributed by atoms with Gasteiger partial charge < -0.3 is 18.9 Å². The Balaban J connectivity index is 0. The van der Waals surface area contributed by atoms with Crippen LogP contribution in [0.25, 0.3) is 0 Å². The van der Waals surface area contributed by atoms with E-state index in [2.05, 4.69) is 0 Å². The van der Waals surface area contributed by atoms with Gasteiger partial charge in [0, 0.05) is 34.0 Å². The summed E-state index contributed by atoms with van der Waals surface area (Å²) in [6.45, 7) is 8.28. The fourth-order valence-corrected chi connectivity index (χ4v) is 1.25. The fraction of sp³-hybridized carbons (Fsp3) is 0.857. The summed E-state index contributed by atoms with van der Waals surface area (Å²) < 4.78 is 19.3. The summed E-state index contributed by atoms with van der Waals surface area (Å²) in [7, 11) is 3.22. The number of hydrogen-bond donors (Lipinski definition) is 0. The van der Waals surface area contributed by atoms with E-state index in [0.29, 0.717) is 19.8 Å². The van der Waals surface area contributed by atoms with Crippen LogP contribution in [0.4, 0.5) is 0 Å². The van der Waals surface area contributed by atoms with Gasteiger partial charge in [-0.1, -0.05) is 13.8 Å². The maximum atomic E-state index is 10.4. The van der Waals surface area contributed by atoms with Crippen LogP contribution in [0.15, 0.2) is 0 Å². The molecule has 2 atom stereocenters. The highest BCUT2D eigenvalue weighted by molar-refractivity contribution is 5.66. The van der Waals surface area contributed by atoms with Crippen LogP contribution in [0.5, 0.6) is 0 Å². The minimum atomic E-state index is -0.246. The molecule has 0 aromatic rings. The van der Waals surface area contributed by atoms with Crippen LogP contribution in [-0.4, -0.2) is 52.1 Å². The maximum Gasteiger partial charge on any atom is 0.302 e. The third-order valence-corrected chi connectivity index (χ3v) is 2.16. The van der Waals surface area contributed by atoms with E-state index in [4.69, 9.17) is 18.9 Å². The van der Waals surface area contributed by atoms with Crippen molar-refractivity contribution in [3.05, 3.63) is 0 Å². The minimum Gasteiger partial charge on any atom is -0.466 e. The van der Waals surface area contributed by atoms with Gasteiger partial charge >= 0.3 is 11.9 Å². The minimum absolute atomic E-state index is 0.0810. The highest BCUT2D eigenvalue weighted by atomic mass is 16.6. The molecular weight excluding hydrogens is 264 g/mol. The van der Waals surface area contributed by atoms with E-state index < -0.39 is 0 Å². The Kier molecular flexibility index (Phi) is 15.1. The quantitative estimate of drug-likeness (QED) is 0.635. The normalized spacial score (nSPS) is 12.7. The van der Waals surface area contributed by atoms with Crippen molar-refractivity contribution in [2.24, 2.45) is 5.92 Å². The Labute approximate surface area is 121 Å². The topological polar surface area (TPSA) is 71.1 Å². The molecule has 0 saturated carbocycles. The molecular formula is C14H28O6. The number of carbonyl (C=O) groups is 2. The lowest BCUT2D eigenvalue weighted by Crippen LogP contribution is -2.20. The number of methoxy groups -OCH3 is 2. The molecule has 0 fully saturated rings. The Bertz CT molecular complexity index is 254. The van der Waals surface area contributed by atoms with Gasteiger partial charge in [0.2, 0.25) is 0 Å². The monoisotopic (exact) mass is 292 g/mol. The first kappa shape index (κ1) is 21.2. The van der Waals surface area contributed by atoms with Gasteiger partial charge in [0.15, 0.2) is 0 Å². The third kappa shape index (κ3) is 16.9. The first-order chi connectivity index (χ1) is 9.37. The summed E-state index contributed by atoms with van der Waals surface area (Å²) in [4.78, 5) is 20.7. The maximum absolute atomic E-state index is 10.4. The van der Waals surface area contributed by atoms with Gasteiger partial charge in [-0.25, -0.2) is 0 Å². The molecule has 6 nitrogen and oxygen atoms in total. The summed E-state index contributed by atoms with van der Waals surface area (Å²) in [6.07, 6.45) is 0.718. The lowest BCUT2D eigenvalue weighted by atomic mass is 10.2. The van der Waals surface area contributed by atoms with Gasteiger partial charge in [-0.3, -0.25) is 9.59 Å². The van der Waals surface area contributed by atoms with Gasteiger partial charge in [0.25, 0.3) is 0 Å². The first-order valence-corrected chi connectivity index (χ1v) is 6.65. The zero-order valence-electron chi connectivity index (χ0n) is 13.4. The number of hydrogen-bond acceptors (Lipinski definition) is 6. The molecule has 0 saturated heterocycles. The molecule has 0 aliphatic heterocycles. The van der Waals surface area contributed by atoms with Crippen LogP contribution < -0.4 is 0 Å². The average Bonchev–Trinajstić information content (AvgIpc) is 2.36. The molecule has 120 valence electrons. The first-order valence-electron chi connectivity index (χ1n) is 6.65. The Morgan fingerprint density at radius 1 is 0.950 bits per heavy atom. The molecule has 0 aliphatic carbocycles. The van der Waals surface area contributed by atoms with E-state index in [-0.39, 0.29) is 24.0 Å². The van der Waals surface area contributed by atoms with Crippen molar-refractivity contribution in [2.45, 2.75) is 40.2 Å². The van der Waals surface area contributed by atoms with Crippen molar-refractivity contribution in [3.63, 3.8) is 0 Å². The van der Waals surface area contributed by atoms with Crippen molar-refractivity contribution in [3.8, 4) is 0 Å². The van der Waals surface area contributed by atoms with Gasteiger partial charge in [-0.15, -0.1) is 0 Å². The second kappa shape index (κ2) is 14.3. The number of rotatable bonds is 8. The summed E-state index contributed by atoms with van der Waals surface area (Å²) >= 11 is 0. The predicted molar refractivity (Wildman–Crippen MR) is 75.4 cm³/mol. The predicted octanol–water partition coefficient (Wildman–Crippen LogP) is 1.81. The summed E-state index contributed by atoms with van der Waals surface area (Å²) in [5.41, 5.74) is 0. The summed E-state index contributed by atoms with van der Waals surface area (Å²) in [6, 6.07) is 0. The van der Waals surface area contributed by atoms with E-state index in [1.165, 1.54) is 13.8 Å². The lowest BCUT2D eigenvalue weighted by molar-refractivity contribution is -0.149. The number of ether oxygens (including phenoxy) is 4. The molecule has 0 rings (SSSR count). The van der Waals surface area contributed by atoms with Crippen molar-refractivity contribution >= 4 is 11.9 Å². The molecule has 0 aromatic carbocycles. The van der Waals surface area contributed by atoms with E-state index in [1.807, 2.05) is 13.8 Å². The molecule has 0 amide bonds. The SMILES string of the molecule is CCC(COC)OC(C)=O.COCC(C)COC(C)=O. The molecule has 0 heterocycles. The molecule has 6 heteroatoms. The van der Waals surface area contributed by atoms with Crippen molar-refractivity contribution < 1.29 is 28.5 Å². The van der Waals surface area contributed by atoms with Crippen LogP contribution in [0.2, 0.25) is 0 Å². The van der Waals surface area contributed by atoms with Crippen LogP contribution in [0.1, 0.15) is 34.1 Å². The molecule has 2 unspecified atom stereocenters. The Hall–Kier alpha value is -1.14. The van der Waals surface area contributed by atoms with E-state index in [9.17, 15) is 9.59 Å². The zero-order valence-corrected chi connectivity index (χ0v) is 13.4. The van der Waals surface area contributed by atoms with E-state index in [1.54, 1.807) is 14.2 Å². The number of esters is 2. The molecule has 0 N–H and O–H groups in total. The molecule has 0 radical (unpaired) electrons. The van der Waals surface area contributed by atoms with Crippen molar-refractivity contribution in [2.75, 3.05) is 34.0 Å². The second-order valence-electron chi connectivity index (χ2n) is 4.46. The van der Waals surface area contributed by atoms with Gasteiger partial charge in [-0.2, -0.15) is 0 Å². The molecule has 0 aliphatic rings. The third-order valence-electron chi connectivity index (χ3n) is 2.16. The standard InChI is InChI=1S/2C7H14O3/c1-6(4-9-3)5-10-7(2)8;1-4-7(5-9-3)10-6(2)8/h6H,4-5H2,1-3H3;7H,4-5H2,1-3H3. The van der Waals surface area contributed by atoms with Gasteiger partial charge in [-0.05, 0) is 6.42 Å². The van der Waals surface area contributed by atoms with Gasteiger partial charge in [0.1, 0.15) is 6.10 Å². The van der Waals surface area contributed by atoms with Crippen molar-refractivity contribution in [1.82, 2.24) is 0 Å². The highest BCUT2D eigenvalue weighted by Gasteiger charge is 2.07. The van der Waals surface area contributed by atoms with E-state index >= 15 is 0 Å². The van der Waals surface area contributed by atoms with Crippen LogP contribution >= 0.6 is 0 Å². The zero-order chi connectivity index (χ0) is 16.0. The molecule has 20 heavy (non-hydrogen) atoms. The summed E-state index contributed by atoms with van der Waals surface area (Å²) in [5, 5.41) is 0. The Morgan fingerprint density at radius 2 is 1.50 bits per heavy atom. The van der Waals surface area contributed by atoms with Crippen LogP contribution in [0, 0.1) is 5.92 Å². The van der Waals surface area contributed by atoms with Crippen LogP contribution in [0.3, 0.4) is 0 Å². The average molecular weight is 292 g/mol. The molecule has 0 bridgehead atoms. The van der Waals surface area contributed by atoms with E-state index in [0.717, 1.165) is 6.42 Å². The van der Waals surface area contributed by atoms with Crippen LogP contribution in [-0.2, 0) is 28.5 Å². The lowest BCUT2D eigenvalue weighted by Gasteiger charge is -2.12. The largest absolute Gasteiger partial charge is 0.466 e. The second-order valence-corrected chi connectivity index (χ2v) is 4.46. The van der Waals surface area contributed by atoms with Crippen molar-refractivity contribution in [1.29, 1.82) is 0 Å². The molecule has 0 spiro atoms. The molecule has 0 aromatic heterocycles. The summed E-state index contributed by atoms with van der Waals surface area (Å²) in [5.74, 6) is -0.194. The van der Waals surface area contributed by atoms with Gasteiger partial charge in [0.05, 0.1) is 19.8 Å². The fourth-order valence-electron chi connectivity index (χ4n) is 1.25. The Morgan fingerprint density at radius 3 is 1.85 bits per heavy atom. The highest BCUT2D eigenvalue weighted by Crippen LogP contribution is 1.98. The number of carbonyl (C=O) groups excluding carboxylic acids is 2. The smallest absolute Gasteiger partial charge is 0.302 e.